The number of carbonyl (C=O) groups is 1. The van der Waals surface area contributed by atoms with Gasteiger partial charge in [-0.25, -0.2) is 4.79 Å². The Hall–Kier alpha value is -3.09. The minimum absolute atomic E-state index is 0.0298. The fourth-order valence-electron chi connectivity index (χ4n) is 2.38. The zero-order chi connectivity index (χ0) is 16.4. The van der Waals surface area contributed by atoms with Gasteiger partial charge < -0.3 is 19.5 Å². The Balaban J connectivity index is 1.96. The number of hydrogen-bond acceptors (Lipinski definition) is 6. The second-order valence-electron chi connectivity index (χ2n) is 4.98. The van der Waals surface area contributed by atoms with E-state index in [-0.39, 0.29) is 28.6 Å². The average Bonchev–Trinajstić information content (AvgIpc) is 3.04. The fraction of sp³-hybridized carbons (Fsp3) is 0.188. The number of hydrogen-bond donors (Lipinski definition) is 2. The van der Waals surface area contributed by atoms with Gasteiger partial charge in [0.05, 0.1) is 24.2 Å². The Kier molecular flexibility index (Phi) is 3.84. The summed E-state index contributed by atoms with van der Waals surface area (Å²) >= 11 is 0. The Morgan fingerprint density at radius 1 is 1.43 bits per heavy atom. The molecule has 1 aliphatic rings. The lowest BCUT2D eigenvalue weighted by Crippen LogP contribution is -2.06. The third-order valence-electron chi connectivity index (χ3n) is 3.57. The lowest BCUT2D eigenvalue weighted by Gasteiger charge is -2.16. The second-order valence-corrected chi connectivity index (χ2v) is 4.98. The summed E-state index contributed by atoms with van der Waals surface area (Å²) in [6, 6.07) is 3.90. The number of rotatable bonds is 4. The molecule has 0 bridgehead atoms. The van der Waals surface area contributed by atoms with Crippen LogP contribution in [0.1, 0.15) is 28.6 Å². The number of phenols is 1. The molecule has 1 aromatic carbocycles. The predicted molar refractivity (Wildman–Crippen MR) is 79.9 cm³/mol. The van der Waals surface area contributed by atoms with Gasteiger partial charge in [0.2, 0.25) is 11.7 Å². The molecule has 0 fully saturated rings. The summed E-state index contributed by atoms with van der Waals surface area (Å²) in [5, 5.41) is 22.8. The van der Waals surface area contributed by atoms with Crippen LogP contribution in [0.5, 0.6) is 5.75 Å². The SMILES string of the molecule is COC1=CC=CCC1c1nc(-c2cc(C(=O)O)ccc2O)no1. The zero-order valence-electron chi connectivity index (χ0n) is 12.3. The first kappa shape index (κ1) is 14.8. The molecule has 1 unspecified atom stereocenters. The molecule has 0 radical (unpaired) electrons. The highest BCUT2D eigenvalue weighted by Gasteiger charge is 2.25. The van der Waals surface area contributed by atoms with Crippen LogP contribution in [0, 0.1) is 0 Å². The summed E-state index contributed by atoms with van der Waals surface area (Å²) in [4.78, 5) is 15.3. The van der Waals surface area contributed by atoms with Gasteiger partial charge in [-0.2, -0.15) is 4.98 Å². The number of carboxylic acid groups (broad SMARTS) is 1. The van der Waals surface area contributed by atoms with Crippen LogP contribution in [-0.2, 0) is 4.74 Å². The molecular formula is C16H14N2O5. The van der Waals surface area contributed by atoms with E-state index >= 15 is 0 Å². The van der Waals surface area contributed by atoms with Crippen molar-refractivity contribution >= 4 is 5.97 Å². The van der Waals surface area contributed by atoms with Crippen molar-refractivity contribution in [2.24, 2.45) is 0 Å². The predicted octanol–water partition coefficient (Wildman–Crippen LogP) is 2.71. The topological polar surface area (TPSA) is 106 Å². The van der Waals surface area contributed by atoms with E-state index in [0.29, 0.717) is 18.1 Å². The summed E-state index contributed by atoms with van der Waals surface area (Å²) in [6.07, 6.45) is 6.32. The number of aromatic carboxylic acids is 1. The van der Waals surface area contributed by atoms with Crippen LogP contribution >= 0.6 is 0 Å². The number of phenolic OH excluding ortho intramolecular Hbond substituents is 1. The maximum Gasteiger partial charge on any atom is 0.335 e. The number of allylic oxidation sites excluding steroid dienone is 4. The first-order chi connectivity index (χ1) is 11.1. The van der Waals surface area contributed by atoms with Gasteiger partial charge >= 0.3 is 5.97 Å². The molecule has 118 valence electrons. The number of benzene rings is 1. The highest BCUT2D eigenvalue weighted by molar-refractivity contribution is 5.89. The van der Waals surface area contributed by atoms with E-state index in [1.54, 1.807) is 7.11 Å². The highest BCUT2D eigenvalue weighted by atomic mass is 16.5. The summed E-state index contributed by atoms with van der Waals surface area (Å²) < 4.78 is 10.6. The molecule has 1 aromatic heterocycles. The van der Waals surface area contributed by atoms with E-state index in [4.69, 9.17) is 14.4 Å². The monoisotopic (exact) mass is 314 g/mol. The van der Waals surface area contributed by atoms with Crippen molar-refractivity contribution < 1.29 is 24.3 Å². The van der Waals surface area contributed by atoms with Gasteiger partial charge in [-0.05, 0) is 30.7 Å². The molecule has 0 aliphatic heterocycles. The van der Waals surface area contributed by atoms with Crippen LogP contribution < -0.4 is 0 Å². The molecule has 1 heterocycles. The van der Waals surface area contributed by atoms with E-state index in [0.717, 1.165) is 0 Å². The fourth-order valence-corrected chi connectivity index (χ4v) is 2.38. The van der Waals surface area contributed by atoms with Crippen molar-refractivity contribution in [2.45, 2.75) is 12.3 Å². The van der Waals surface area contributed by atoms with Gasteiger partial charge in [-0.3, -0.25) is 0 Å². The van der Waals surface area contributed by atoms with Gasteiger partial charge in [-0.1, -0.05) is 17.3 Å². The molecule has 2 N–H and O–H groups in total. The minimum Gasteiger partial charge on any atom is -0.507 e. The van der Waals surface area contributed by atoms with E-state index in [1.165, 1.54) is 18.2 Å². The van der Waals surface area contributed by atoms with Crippen molar-refractivity contribution in [3.05, 3.63) is 53.6 Å². The third-order valence-corrected chi connectivity index (χ3v) is 3.57. The molecule has 1 atom stereocenters. The Morgan fingerprint density at radius 2 is 2.26 bits per heavy atom. The third kappa shape index (κ3) is 2.80. The maximum absolute atomic E-state index is 11.1. The summed E-state index contributed by atoms with van der Waals surface area (Å²) in [5.41, 5.74) is 0.233. The Morgan fingerprint density at radius 3 is 3.00 bits per heavy atom. The number of nitrogens with zero attached hydrogens (tertiary/aromatic N) is 2. The molecule has 0 saturated carbocycles. The average molecular weight is 314 g/mol. The number of methoxy groups -OCH3 is 1. The van der Waals surface area contributed by atoms with Gasteiger partial charge in [0.15, 0.2) is 0 Å². The van der Waals surface area contributed by atoms with Crippen LogP contribution in [0.15, 0.2) is 46.7 Å². The first-order valence-electron chi connectivity index (χ1n) is 6.91. The van der Waals surface area contributed by atoms with E-state index in [9.17, 15) is 9.90 Å². The molecule has 0 amide bonds. The summed E-state index contributed by atoms with van der Waals surface area (Å²) in [5.74, 6) is -0.240. The van der Waals surface area contributed by atoms with Crippen molar-refractivity contribution in [3.63, 3.8) is 0 Å². The van der Waals surface area contributed by atoms with Gasteiger partial charge in [0.25, 0.3) is 0 Å². The maximum atomic E-state index is 11.1. The molecule has 2 aromatic rings. The largest absolute Gasteiger partial charge is 0.507 e. The Labute approximate surface area is 131 Å². The smallest absolute Gasteiger partial charge is 0.335 e. The first-order valence-corrected chi connectivity index (χ1v) is 6.91. The van der Waals surface area contributed by atoms with Crippen molar-refractivity contribution in [3.8, 4) is 17.1 Å². The molecule has 7 heteroatoms. The Bertz CT molecular complexity index is 807. The second kappa shape index (κ2) is 5.96. The van der Waals surface area contributed by atoms with Crippen LogP contribution in [-0.4, -0.2) is 33.4 Å². The normalized spacial score (nSPS) is 16.9. The number of aromatic hydroxyl groups is 1. The minimum atomic E-state index is -1.10. The molecule has 0 spiro atoms. The lowest BCUT2D eigenvalue weighted by molar-refractivity contribution is 0.0697. The van der Waals surface area contributed by atoms with Crippen molar-refractivity contribution in [1.82, 2.24) is 10.1 Å². The van der Waals surface area contributed by atoms with Crippen molar-refractivity contribution in [2.75, 3.05) is 7.11 Å². The molecular weight excluding hydrogens is 300 g/mol. The summed E-state index contributed by atoms with van der Waals surface area (Å²) in [7, 11) is 1.57. The standard InChI is InChI=1S/C16H14N2O5/c1-22-13-5-3-2-4-10(13)15-17-14(18-23-15)11-8-9(16(20)21)6-7-12(11)19/h2-3,5-8,10,19H,4H2,1H3,(H,20,21). The van der Waals surface area contributed by atoms with Crippen molar-refractivity contribution in [1.29, 1.82) is 0 Å². The van der Waals surface area contributed by atoms with Crippen LogP contribution in [0.3, 0.4) is 0 Å². The van der Waals surface area contributed by atoms with Gasteiger partial charge in [0, 0.05) is 0 Å². The van der Waals surface area contributed by atoms with Gasteiger partial charge in [-0.15, -0.1) is 0 Å². The van der Waals surface area contributed by atoms with E-state index in [1.807, 2.05) is 18.2 Å². The van der Waals surface area contributed by atoms with Crippen LogP contribution in [0.4, 0.5) is 0 Å². The molecule has 0 saturated heterocycles. The molecule has 1 aliphatic carbocycles. The lowest BCUT2D eigenvalue weighted by atomic mass is 9.98. The number of ether oxygens (including phenoxy) is 1. The molecule has 23 heavy (non-hydrogen) atoms. The molecule has 3 rings (SSSR count). The zero-order valence-corrected chi connectivity index (χ0v) is 12.3. The van der Waals surface area contributed by atoms with Crippen LogP contribution in [0.25, 0.3) is 11.4 Å². The van der Waals surface area contributed by atoms with Gasteiger partial charge in [0.1, 0.15) is 11.5 Å². The summed E-state index contributed by atoms with van der Waals surface area (Å²) in [6.45, 7) is 0. The quantitative estimate of drug-likeness (QED) is 0.893. The van der Waals surface area contributed by atoms with E-state index < -0.39 is 5.97 Å². The molecule has 7 nitrogen and oxygen atoms in total. The van der Waals surface area contributed by atoms with Crippen LogP contribution in [0.2, 0.25) is 0 Å². The highest BCUT2D eigenvalue weighted by Crippen LogP contribution is 2.33. The number of aromatic nitrogens is 2. The van der Waals surface area contributed by atoms with E-state index in [2.05, 4.69) is 10.1 Å². The number of carboxylic acids is 1.